The quantitative estimate of drug-likeness (QED) is 0.293. The fourth-order valence-corrected chi connectivity index (χ4v) is 3.15. The summed E-state index contributed by atoms with van der Waals surface area (Å²) in [5.41, 5.74) is -2.27. The number of fused-ring (bicyclic) bond motifs is 1. The van der Waals surface area contributed by atoms with Crippen LogP contribution < -0.4 is 5.43 Å². The summed E-state index contributed by atoms with van der Waals surface area (Å²) in [5, 5.41) is -0.574. The number of esters is 2. The highest BCUT2D eigenvalue weighted by Crippen LogP contribution is 2.38. The molecule has 0 saturated heterocycles. The van der Waals surface area contributed by atoms with Gasteiger partial charge in [0.25, 0.3) is 0 Å². The third-order valence-corrected chi connectivity index (χ3v) is 4.66. The van der Waals surface area contributed by atoms with Crippen LogP contribution in [0.3, 0.4) is 0 Å². The minimum Gasteiger partial charge on any atom is -0.465 e. The first kappa shape index (κ1) is 21.5. The standard InChI is InChI=1S/C20H18F3NO6/c1-3-29-19(27)13(20(28)30-4-2)18(26)11-8-24(9-5-6-9)16-10(17(11)25)7-12(21)14(22)15(16)23/h7-9,13H,3-6H2,1-2H3. The summed E-state index contributed by atoms with van der Waals surface area (Å²) in [4.78, 5) is 50.3. The first-order valence-corrected chi connectivity index (χ1v) is 9.32. The Hall–Kier alpha value is -3.17. The summed E-state index contributed by atoms with van der Waals surface area (Å²) in [6.45, 7) is 2.64. The molecule has 160 valence electrons. The molecule has 0 amide bonds. The number of rotatable bonds is 7. The Morgan fingerprint density at radius 2 is 1.63 bits per heavy atom. The van der Waals surface area contributed by atoms with Crippen molar-refractivity contribution < 1.29 is 37.0 Å². The van der Waals surface area contributed by atoms with Crippen LogP contribution in [0.4, 0.5) is 13.2 Å². The largest absolute Gasteiger partial charge is 0.465 e. The normalized spacial score (nSPS) is 13.5. The lowest BCUT2D eigenvalue weighted by atomic mass is 9.96. The SMILES string of the molecule is CCOC(=O)C(C(=O)OCC)C(=O)c1cn(C2CC2)c2c(F)c(F)c(F)cc2c1=O. The highest BCUT2D eigenvalue weighted by Gasteiger charge is 2.40. The van der Waals surface area contributed by atoms with Crippen molar-refractivity contribution in [3.05, 3.63) is 45.5 Å². The average molecular weight is 425 g/mol. The molecule has 0 atom stereocenters. The fraction of sp³-hybridized carbons (Fsp3) is 0.400. The van der Waals surface area contributed by atoms with Gasteiger partial charge in [-0.15, -0.1) is 0 Å². The molecule has 0 N–H and O–H groups in total. The van der Waals surface area contributed by atoms with Gasteiger partial charge in [0.1, 0.15) is 0 Å². The second-order valence-electron chi connectivity index (χ2n) is 6.69. The zero-order chi connectivity index (χ0) is 22.2. The number of carbonyl (C=O) groups is 3. The highest BCUT2D eigenvalue weighted by atomic mass is 19.2. The van der Waals surface area contributed by atoms with Crippen LogP contribution in [0.1, 0.15) is 43.1 Å². The number of Topliss-reactive ketones (excluding diaryl/α,β-unsaturated/α-hetero) is 1. The average Bonchev–Trinajstić information content (AvgIpc) is 3.52. The monoisotopic (exact) mass is 425 g/mol. The number of pyridine rings is 1. The molecule has 0 spiro atoms. The minimum atomic E-state index is -2.07. The third-order valence-electron chi connectivity index (χ3n) is 4.66. The maximum atomic E-state index is 14.4. The maximum absolute atomic E-state index is 14.4. The molecule has 30 heavy (non-hydrogen) atoms. The number of benzene rings is 1. The Labute approximate surface area is 168 Å². The molecular weight excluding hydrogens is 407 g/mol. The number of aromatic nitrogens is 1. The fourth-order valence-electron chi connectivity index (χ4n) is 3.15. The van der Waals surface area contributed by atoms with E-state index in [1.807, 2.05) is 0 Å². The van der Waals surface area contributed by atoms with Gasteiger partial charge in [-0.1, -0.05) is 0 Å². The zero-order valence-electron chi connectivity index (χ0n) is 16.2. The molecule has 1 aliphatic rings. The molecule has 1 aromatic heterocycles. The summed E-state index contributed by atoms with van der Waals surface area (Å²) in [6.07, 6.45) is 2.09. The lowest BCUT2D eigenvalue weighted by Gasteiger charge is -2.16. The number of nitrogens with zero attached hydrogens (tertiary/aromatic N) is 1. The molecule has 10 heteroatoms. The van der Waals surface area contributed by atoms with E-state index in [1.54, 1.807) is 0 Å². The van der Waals surface area contributed by atoms with Crippen LogP contribution in [-0.2, 0) is 19.1 Å². The Balaban J connectivity index is 2.24. The summed E-state index contributed by atoms with van der Waals surface area (Å²) < 4.78 is 52.6. The van der Waals surface area contributed by atoms with Crippen molar-refractivity contribution in [1.82, 2.24) is 4.57 Å². The molecule has 1 saturated carbocycles. The van der Waals surface area contributed by atoms with E-state index in [9.17, 15) is 32.3 Å². The van der Waals surface area contributed by atoms with Gasteiger partial charge in [0.15, 0.2) is 28.7 Å². The van der Waals surface area contributed by atoms with Gasteiger partial charge >= 0.3 is 11.9 Å². The molecule has 0 bridgehead atoms. The Kier molecular flexibility index (Phi) is 5.95. The number of hydrogen-bond donors (Lipinski definition) is 0. The van der Waals surface area contributed by atoms with Crippen LogP contribution in [0.15, 0.2) is 17.1 Å². The highest BCUT2D eigenvalue weighted by molar-refractivity contribution is 6.21. The van der Waals surface area contributed by atoms with Gasteiger partial charge in [0, 0.05) is 12.2 Å². The van der Waals surface area contributed by atoms with Crippen molar-refractivity contribution in [1.29, 1.82) is 0 Å². The van der Waals surface area contributed by atoms with Gasteiger partial charge in [-0.2, -0.15) is 0 Å². The van der Waals surface area contributed by atoms with Crippen LogP contribution in [0, 0.1) is 23.4 Å². The summed E-state index contributed by atoms with van der Waals surface area (Å²) in [6, 6.07) is 0.151. The van der Waals surface area contributed by atoms with Crippen molar-refractivity contribution in [2.24, 2.45) is 5.92 Å². The summed E-state index contributed by atoms with van der Waals surface area (Å²) >= 11 is 0. The van der Waals surface area contributed by atoms with E-state index < -0.39 is 63.0 Å². The molecule has 3 rings (SSSR count). The van der Waals surface area contributed by atoms with Crippen molar-refractivity contribution in [2.75, 3.05) is 13.2 Å². The first-order valence-electron chi connectivity index (χ1n) is 9.32. The minimum absolute atomic E-state index is 0.137. The second-order valence-corrected chi connectivity index (χ2v) is 6.69. The van der Waals surface area contributed by atoms with Crippen molar-refractivity contribution >= 4 is 28.6 Å². The van der Waals surface area contributed by atoms with Crippen molar-refractivity contribution in [3.8, 4) is 0 Å². The number of ether oxygens (including phenoxy) is 2. The number of carbonyl (C=O) groups excluding carboxylic acids is 3. The zero-order valence-corrected chi connectivity index (χ0v) is 16.2. The van der Waals surface area contributed by atoms with Gasteiger partial charge in [0.05, 0.1) is 29.7 Å². The Morgan fingerprint density at radius 3 is 2.13 bits per heavy atom. The predicted octanol–water partition coefficient (Wildman–Crippen LogP) is 2.68. The Bertz CT molecular complexity index is 1090. The number of halogens is 3. The van der Waals surface area contributed by atoms with Crippen LogP contribution in [-0.4, -0.2) is 35.5 Å². The molecule has 2 aromatic rings. The Morgan fingerprint density at radius 1 is 1.07 bits per heavy atom. The van der Waals surface area contributed by atoms with E-state index in [0.717, 1.165) is 10.8 Å². The first-order chi connectivity index (χ1) is 14.2. The van der Waals surface area contributed by atoms with Crippen LogP contribution in [0.25, 0.3) is 10.9 Å². The lowest BCUT2D eigenvalue weighted by molar-refractivity contribution is -0.158. The van der Waals surface area contributed by atoms with Gasteiger partial charge in [-0.3, -0.25) is 19.2 Å². The molecule has 7 nitrogen and oxygen atoms in total. The maximum Gasteiger partial charge on any atom is 0.328 e. The second kappa shape index (κ2) is 8.29. The lowest BCUT2D eigenvalue weighted by Crippen LogP contribution is -2.37. The summed E-state index contributed by atoms with van der Waals surface area (Å²) in [5.74, 6) is -10.6. The van der Waals surface area contributed by atoms with Crippen LogP contribution >= 0.6 is 0 Å². The molecule has 1 aliphatic carbocycles. The van der Waals surface area contributed by atoms with Gasteiger partial charge < -0.3 is 14.0 Å². The van der Waals surface area contributed by atoms with E-state index in [0.29, 0.717) is 18.9 Å². The van der Waals surface area contributed by atoms with E-state index in [1.165, 1.54) is 13.8 Å². The van der Waals surface area contributed by atoms with Crippen LogP contribution in [0.5, 0.6) is 0 Å². The van der Waals surface area contributed by atoms with Gasteiger partial charge in [0.2, 0.25) is 5.92 Å². The van der Waals surface area contributed by atoms with E-state index in [2.05, 4.69) is 0 Å². The van der Waals surface area contributed by atoms with E-state index in [-0.39, 0.29) is 19.3 Å². The van der Waals surface area contributed by atoms with Gasteiger partial charge in [-0.05, 0) is 32.8 Å². The van der Waals surface area contributed by atoms with Crippen molar-refractivity contribution in [2.45, 2.75) is 32.7 Å². The smallest absolute Gasteiger partial charge is 0.328 e. The molecule has 1 heterocycles. The summed E-state index contributed by atoms with van der Waals surface area (Å²) in [7, 11) is 0. The molecule has 1 aromatic carbocycles. The van der Waals surface area contributed by atoms with E-state index >= 15 is 0 Å². The van der Waals surface area contributed by atoms with Gasteiger partial charge in [-0.25, -0.2) is 13.2 Å². The number of hydrogen-bond acceptors (Lipinski definition) is 6. The molecular formula is C20H18F3NO6. The van der Waals surface area contributed by atoms with Crippen molar-refractivity contribution in [3.63, 3.8) is 0 Å². The van der Waals surface area contributed by atoms with Crippen LogP contribution in [0.2, 0.25) is 0 Å². The number of ketones is 1. The van der Waals surface area contributed by atoms with E-state index in [4.69, 9.17) is 9.47 Å². The molecule has 0 radical (unpaired) electrons. The molecule has 0 aliphatic heterocycles. The molecule has 0 unspecified atom stereocenters. The molecule has 1 fully saturated rings. The topological polar surface area (TPSA) is 91.7 Å². The third kappa shape index (κ3) is 3.69. The predicted molar refractivity (Wildman–Crippen MR) is 97.4 cm³/mol.